The molecule has 2 heterocycles. The van der Waals surface area contributed by atoms with E-state index < -0.39 is 0 Å². The minimum Gasteiger partial charge on any atom is -0.467 e. The van der Waals surface area contributed by atoms with E-state index >= 15 is 0 Å². The summed E-state index contributed by atoms with van der Waals surface area (Å²) in [4.78, 5) is 15.4. The van der Waals surface area contributed by atoms with Crippen LogP contribution < -0.4 is 10.6 Å². The van der Waals surface area contributed by atoms with Gasteiger partial charge in [0.15, 0.2) is 5.84 Å². The highest BCUT2D eigenvalue weighted by Crippen LogP contribution is 1.98. The van der Waals surface area contributed by atoms with E-state index in [1.54, 1.807) is 12.3 Å². The van der Waals surface area contributed by atoms with Crippen molar-refractivity contribution in [2.75, 3.05) is 13.1 Å². The molecule has 1 aliphatic heterocycles. The number of rotatable bonds is 3. The lowest BCUT2D eigenvalue weighted by molar-refractivity contribution is -0.115. The molecule has 0 aliphatic carbocycles. The van der Waals surface area contributed by atoms with Crippen LogP contribution in [-0.4, -0.2) is 24.8 Å². The predicted molar refractivity (Wildman–Crippen MR) is 50.9 cm³/mol. The van der Waals surface area contributed by atoms with Gasteiger partial charge in [0, 0.05) is 6.54 Å². The van der Waals surface area contributed by atoms with Crippen molar-refractivity contribution in [3.8, 4) is 0 Å². The second-order valence-corrected chi connectivity index (χ2v) is 2.92. The summed E-state index contributed by atoms with van der Waals surface area (Å²) in [5.41, 5.74) is 0. The van der Waals surface area contributed by atoms with Crippen molar-refractivity contribution < 1.29 is 9.21 Å². The molecule has 0 saturated carbocycles. The summed E-state index contributed by atoms with van der Waals surface area (Å²) < 4.78 is 5.07. The van der Waals surface area contributed by atoms with Gasteiger partial charge in [-0.3, -0.25) is 9.79 Å². The van der Waals surface area contributed by atoms with Gasteiger partial charge in [-0.05, 0) is 12.1 Å². The zero-order chi connectivity index (χ0) is 9.80. The second kappa shape index (κ2) is 3.95. The molecular weight excluding hydrogens is 182 g/mol. The van der Waals surface area contributed by atoms with Crippen LogP contribution in [-0.2, 0) is 11.3 Å². The summed E-state index contributed by atoms with van der Waals surface area (Å²) in [5.74, 6) is 0.965. The Balaban J connectivity index is 1.83. The number of furan rings is 1. The number of carbonyl (C=O) groups excluding carboxylic acids is 1. The lowest BCUT2D eigenvalue weighted by atomic mass is 10.4. The predicted octanol–water partition coefficient (Wildman–Crippen LogP) is -0.103. The molecule has 5 nitrogen and oxygen atoms in total. The summed E-state index contributed by atoms with van der Waals surface area (Å²) in [6.45, 7) is 1.81. The molecule has 0 atom stereocenters. The summed E-state index contributed by atoms with van der Waals surface area (Å²) >= 11 is 0. The van der Waals surface area contributed by atoms with Gasteiger partial charge in [0.2, 0.25) is 0 Å². The molecule has 74 valence electrons. The largest absolute Gasteiger partial charge is 0.467 e. The van der Waals surface area contributed by atoms with Crippen LogP contribution in [0.1, 0.15) is 5.76 Å². The summed E-state index contributed by atoms with van der Waals surface area (Å²) in [5, 5.41) is 5.59. The molecular formula is C9H11N3O2. The van der Waals surface area contributed by atoms with E-state index in [1.807, 2.05) is 6.07 Å². The molecule has 0 saturated heterocycles. The Morgan fingerprint density at radius 2 is 2.64 bits per heavy atom. The van der Waals surface area contributed by atoms with Crippen LogP contribution in [0.15, 0.2) is 27.8 Å². The fraction of sp³-hybridized carbons (Fsp3) is 0.333. The summed E-state index contributed by atoms with van der Waals surface area (Å²) in [6.07, 6.45) is 1.58. The Hall–Kier alpha value is -1.78. The van der Waals surface area contributed by atoms with Crippen molar-refractivity contribution in [2.24, 2.45) is 4.99 Å². The highest BCUT2D eigenvalue weighted by molar-refractivity contribution is 6.38. The molecule has 1 amide bonds. The van der Waals surface area contributed by atoms with Gasteiger partial charge in [0.25, 0.3) is 5.91 Å². The summed E-state index contributed by atoms with van der Waals surface area (Å²) in [6, 6.07) is 3.59. The van der Waals surface area contributed by atoms with Crippen molar-refractivity contribution in [1.82, 2.24) is 10.6 Å². The third kappa shape index (κ3) is 1.93. The molecule has 1 aliphatic rings. The number of amidine groups is 1. The molecule has 1 aromatic rings. The molecule has 0 bridgehead atoms. The summed E-state index contributed by atoms with van der Waals surface area (Å²) in [7, 11) is 0. The highest BCUT2D eigenvalue weighted by atomic mass is 16.3. The van der Waals surface area contributed by atoms with Gasteiger partial charge < -0.3 is 15.1 Å². The first-order valence-corrected chi connectivity index (χ1v) is 4.45. The molecule has 0 spiro atoms. The second-order valence-electron chi connectivity index (χ2n) is 2.92. The van der Waals surface area contributed by atoms with Crippen LogP contribution in [0.4, 0.5) is 0 Å². The zero-order valence-corrected chi connectivity index (χ0v) is 7.62. The molecule has 2 rings (SSSR count). The average Bonchev–Trinajstić information content (AvgIpc) is 2.87. The zero-order valence-electron chi connectivity index (χ0n) is 7.62. The maximum Gasteiger partial charge on any atom is 0.286 e. The van der Waals surface area contributed by atoms with E-state index in [2.05, 4.69) is 15.6 Å². The van der Waals surface area contributed by atoms with Crippen molar-refractivity contribution in [3.05, 3.63) is 24.2 Å². The van der Waals surface area contributed by atoms with Crippen LogP contribution in [0.3, 0.4) is 0 Å². The van der Waals surface area contributed by atoms with Gasteiger partial charge in [0.05, 0.1) is 19.4 Å². The van der Waals surface area contributed by atoms with E-state index in [0.29, 0.717) is 18.9 Å². The Bertz CT molecular complexity index is 343. The van der Waals surface area contributed by atoms with Crippen LogP contribution in [0.5, 0.6) is 0 Å². The normalized spacial score (nSPS) is 14.7. The third-order valence-corrected chi connectivity index (χ3v) is 1.89. The quantitative estimate of drug-likeness (QED) is 0.704. The standard InChI is InChI=1S/C9H11N3O2/c13-9(8-10-3-4-11-8)12-6-7-2-1-5-14-7/h1-2,5H,3-4,6H2,(H,10,11)(H,12,13). The van der Waals surface area contributed by atoms with E-state index in [-0.39, 0.29) is 5.91 Å². The molecule has 0 fully saturated rings. The monoisotopic (exact) mass is 193 g/mol. The Morgan fingerprint density at radius 3 is 3.29 bits per heavy atom. The van der Waals surface area contributed by atoms with E-state index in [1.165, 1.54) is 0 Å². The number of aliphatic imine (C=N–C) groups is 1. The topological polar surface area (TPSA) is 66.6 Å². The van der Waals surface area contributed by atoms with Gasteiger partial charge in [-0.2, -0.15) is 0 Å². The number of hydrogen-bond acceptors (Lipinski definition) is 4. The highest BCUT2D eigenvalue weighted by Gasteiger charge is 2.13. The number of amides is 1. The fourth-order valence-corrected chi connectivity index (χ4v) is 1.21. The Morgan fingerprint density at radius 1 is 1.71 bits per heavy atom. The van der Waals surface area contributed by atoms with E-state index in [4.69, 9.17) is 4.42 Å². The van der Waals surface area contributed by atoms with Crippen molar-refractivity contribution >= 4 is 11.7 Å². The molecule has 14 heavy (non-hydrogen) atoms. The van der Waals surface area contributed by atoms with Gasteiger partial charge in [0.1, 0.15) is 5.76 Å². The molecule has 5 heteroatoms. The number of carbonyl (C=O) groups is 1. The average molecular weight is 193 g/mol. The van der Waals surface area contributed by atoms with Crippen LogP contribution in [0.25, 0.3) is 0 Å². The molecule has 1 aromatic heterocycles. The Kier molecular flexibility index (Phi) is 2.48. The number of nitrogens with zero attached hydrogens (tertiary/aromatic N) is 1. The minimum atomic E-state index is -0.182. The van der Waals surface area contributed by atoms with Crippen LogP contribution >= 0.6 is 0 Å². The third-order valence-electron chi connectivity index (χ3n) is 1.89. The first-order valence-electron chi connectivity index (χ1n) is 4.45. The van der Waals surface area contributed by atoms with Crippen molar-refractivity contribution in [2.45, 2.75) is 6.54 Å². The van der Waals surface area contributed by atoms with Crippen molar-refractivity contribution in [1.29, 1.82) is 0 Å². The number of nitrogens with one attached hydrogen (secondary N) is 2. The smallest absolute Gasteiger partial charge is 0.286 e. The first-order chi connectivity index (χ1) is 6.86. The SMILES string of the molecule is O=C(NCc1ccco1)C1=NCCN1. The minimum absolute atomic E-state index is 0.182. The van der Waals surface area contributed by atoms with Gasteiger partial charge in [-0.1, -0.05) is 0 Å². The molecule has 2 N–H and O–H groups in total. The molecule has 0 radical (unpaired) electrons. The fourth-order valence-electron chi connectivity index (χ4n) is 1.21. The number of hydrogen-bond donors (Lipinski definition) is 2. The van der Waals surface area contributed by atoms with Gasteiger partial charge in [-0.25, -0.2) is 0 Å². The lowest BCUT2D eigenvalue weighted by Gasteiger charge is -2.02. The van der Waals surface area contributed by atoms with E-state index in [0.717, 1.165) is 12.3 Å². The van der Waals surface area contributed by atoms with Gasteiger partial charge >= 0.3 is 0 Å². The Labute approximate surface area is 81.2 Å². The maximum atomic E-state index is 11.4. The van der Waals surface area contributed by atoms with Crippen LogP contribution in [0.2, 0.25) is 0 Å². The molecule has 0 aromatic carbocycles. The van der Waals surface area contributed by atoms with Crippen molar-refractivity contribution in [3.63, 3.8) is 0 Å². The maximum absolute atomic E-state index is 11.4. The first kappa shape index (κ1) is 8.80. The van der Waals surface area contributed by atoms with E-state index in [9.17, 15) is 4.79 Å². The molecule has 0 unspecified atom stereocenters. The van der Waals surface area contributed by atoms with Crippen LogP contribution in [0, 0.1) is 0 Å². The lowest BCUT2D eigenvalue weighted by Crippen LogP contribution is -2.37. The van der Waals surface area contributed by atoms with Gasteiger partial charge in [-0.15, -0.1) is 0 Å².